The number of nitrogens with one attached hydrogen (secondary N) is 1. The third kappa shape index (κ3) is 5.61. The van der Waals surface area contributed by atoms with Gasteiger partial charge in [0.25, 0.3) is 0 Å². The van der Waals surface area contributed by atoms with E-state index >= 15 is 0 Å². The molecule has 2 heterocycles. The molecule has 1 unspecified atom stereocenters. The summed E-state index contributed by atoms with van der Waals surface area (Å²) in [5.41, 5.74) is 4.65. The molecule has 0 bridgehead atoms. The maximum atomic E-state index is 13.4. The second-order valence-electron chi connectivity index (χ2n) is 9.10. The van der Waals surface area contributed by atoms with Gasteiger partial charge in [0.1, 0.15) is 5.03 Å². The number of carbonyl (C=O) groups is 2. The van der Waals surface area contributed by atoms with Crippen LogP contribution in [0.15, 0.2) is 90.0 Å². The Morgan fingerprint density at radius 1 is 0.897 bits per heavy atom. The van der Waals surface area contributed by atoms with Crippen molar-refractivity contribution >= 4 is 40.2 Å². The van der Waals surface area contributed by atoms with Crippen LogP contribution in [0.5, 0.6) is 0 Å². The molecule has 0 saturated carbocycles. The van der Waals surface area contributed by atoms with E-state index in [-0.39, 0.29) is 11.7 Å². The minimum atomic E-state index is -0.399. The van der Waals surface area contributed by atoms with Crippen LogP contribution in [0.25, 0.3) is 28.1 Å². The second-order valence-corrected chi connectivity index (χ2v) is 10.3. The number of rotatable bonds is 9. The first-order valence-corrected chi connectivity index (χ1v) is 13.9. The molecule has 0 aliphatic carbocycles. The van der Waals surface area contributed by atoms with Gasteiger partial charge in [0, 0.05) is 16.8 Å². The number of amides is 1. The molecule has 196 valence electrons. The van der Waals surface area contributed by atoms with Crippen molar-refractivity contribution in [3.63, 3.8) is 0 Å². The van der Waals surface area contributed by atoms with E-state index < -0.39 is 5.25 Å². The maximum Gasteiger partial charge on any atom is 0.237 e. The molecule has 0 radical (unpaired) electrons. The van der Waals surface area contributed by atoms with Crippen molar-refractivity contribution in [3.8, 4) is 17.1 Å². The quantitative estimate of drug-likeness (QED) is 0.127. The zero-order valence-corrected chi connectivity index (χ0v) is 22.9. The SMILES string of the molecule is CCc1nn(-c2ccccc2)c2nc(-c3ccccc3)nc(SC(CC)C(=O)Nc3ccc(C(C)=O)cc3)c12. The summed E-state index contributed by atoms with van der Waals surface area (Å²) < 4.78 is 1.87. The molecule has 39 heavy (non-hydrogen) atoms. The van der Waals surface area contributed by atoms with Crippen LogP contribution < -0.4 is 5.32 Å². The molecule has 3 aromatic carbocycles. The van der Waals surface area contributed by atoms with E-state index in [4.69, 9.17) is 15.1 Å². The van der Waals surface area contributed by atoms with Gasteiger partial charge in [-0.25, -0.2) is 14.6 Å². The van der Waals surface area contributed by atoms with Crippen molar-refractivity contribution in [3.05, 3.63) is 96.2 Å². The summed E-state index contributed by atoms with van der Waals surface area (Å²) in [4.78, 5) is 34.9. The standard InChI is InChI=1S/C31H29N5O2S/c1-4-25-27-29(36(35-25)24-14-10-7-11-15-24)33-28(22-12-8-6-9-13-22)34-31(27)39-26(5-2)30(38)32-23-18-16-21(17-19-23)20(3)37/h6-19,26H,4-5H2,1-3H3,(H,32,38). The van der Waals surface area contributed by atoms with E-state index in [0.29, 0.717) is 35.6 Å². The van der Waals surface area contributed by atoms with Gasteiger partial charge in [0.05, 0.1) is 22.0 Å². The number of anilines is 1. The first-order valence-electron chi connectivity index (χ1n) is 13.0. The van der Waals surface area contributed by atoms with Crippen molar-refractivity contribution in [2.45, 2.75) is 43.9 Å². The van der Waals surface area contributed by atoms with Crippen LogP contribution in [0, 0.1) is 0 Å². The lowest BCUT2D eigenvalue weighted by Crippen LogP contribution is -2.24. The fourth-order valence-corrected chi connectivity index (χ4v) is 5.39. The van der Waals surface area contributed by atoms with E-state index in [0.717, 1.165) is 27.4 Å². The topological polar surface area (TPSA) is 89.8 Å². The lowest BCUT2D eigenvalue weighted by molar-refractivity contribution is -0.115. The molecule has 0 aliphatic rings. The van der Waals surface area contributed by atoms with Gasteiger partial charge in [-0.3, -0.25) is 9.59 Å². The fourth-order valence-electron chi connectivity index (χ4n) is 4.32. The Labute approximate surface area is 231 Å². The second kappa shape index (κ2) is 11.6. The van der Waals surface area contributed by atoms with Gasteiger partial charge in [0.2, 0.25) is 5.91 Å². The average molecular weight is 536 g/mol. The maximum absolute atomic E-state index is 13.4. The first kappa shape index (κ1) is 26.3. The van der Waals surface area contributed by atoms with Crippen LogP contribution in [0.1, 0.15) is 43.2 Å². The molecular formula is C31H29N5O2S. The molecule has 0 aliphatic heterocycles. The molecular weight excluding hydrogens is 506 g/mol. The molecule has 7 nitrogen and oxygen atoms in total. The highest BCUT2D eigenvalue weighted by Gasteiger charge is 2.25. The molecule has 1 N–H and O–H groups in total. The zero-order valence-electron chi connectivity index (χ0n) is 22.1. The molecule has 1 amide bonds. The number of aryl methyl sites for hydroxylation is 1. The average Bonchev–Trinajstić information content (AvgIpc) is 3.36. The minimum absolute atomic E-state index is 0.0142. The summed E-state index contributed by atoms with van der Waals surface area (Å²) >= 11 is 1.43. The Morgan fingerprint density at radius 2 is 1.56 bits per heavy atom. The first-order chi connectivity index (χ1) is 19.0. The molecule has 0 saturated heterocycles. The van der Waals surface area contributed by atoms with Crippen LogP contribution in [0.2, 0.25) is 0 Å². The van der Waals surface area contributed by atoms with Crippen molar-refractivity contribution < 1.29 is 9.59 Å². The van der Waals surface area contributed by atoms with Crippen molar-refractivity contribution in [1.29, 1.82) is 0 Å². The van der Waals surface area contributed by atoms with Crippen molar-refractivity contribution in [2.24, 2.45) is 0 Å². The Morgan fingerprint density at radius 3 is 2.18 bits per heavy atom. The largest absolute Gasteiger partial charge is 0.325 e. The summed E-state index contributed by atoms with van der Waals surface area (Å²) in [6, 6.07) is 26.7. The number of Topliss-reactive ketones (excluding diaryl/α,β-unsaturated/α-hetero) is 1. The molecule has 8 heteroatoms. The van der Waals surface area contributed by atoms with Crippen molar-refractivity contribution in [1.82, 2.24) is 19.7 Å². The highest BCUT2D eigenvalue weighted by molar-refractivity contribution is 8.00. The van der Waals surface area contributed by atoms with E-state index in [2.05, 4.69) is 12.2 Å². The van der Waals surface area contributed by atoms with Gasteiger partial charge < -0.3 is 5.32 Å². The number of carbonyl (C=O) groups excluding carboxylic acids is 2. The highest BCUT2D eigenvalue weighted by Crippen LogP contribution is 2.35. The molecule has 1 atom stereocenters. The number of fused-ring (bicyclic) bond motifs is 1. The van der Waals surface area contributed by atoms with Gasteiger partial charge in [-0.05, 0) is 56.2 Å². The predicted molar refractivity (Wildman–Crippen MR) is 156 cm³/mol. The van der Waals surface area contributed by atoms with Gasteiger partial charge in [-0.2, -0.15) is 5.10 Å². The number of hydrogen-bond acceptors (Lipinski definition) is 6. The lowest BCUT2D eigenvalue weighted by atomic mass is 10.1. The van der Waals surface area contributed by atoms with Gasteiger partial charge >= 0.3 is 0 Å². The summed E-state index contributed by atoms with van der Waals surface area (Å²) in [7, 11) is 0. The Balaban J connectivity index is 1.57. The van der Waals surface area contributed by atoms with Crippen LogP contribution in [0.4, 0.5) is 5.69 Å². The third-order valence-corrected chi connectivity index (χ3v) is 7.76. The number of benzene rings is 3. The predicted octanol–water partition coefficient (Wildman–Crippen LogP) is 6.76. The van der Waals surface area contributed by atoms with E-state index in [1.54, 1.807) is 24.3 Å². The Bertz CT molecular complexity index is 1620. The summed E-state index contributed by atoms with van der Waals surface area (Å²) in [6.07, 6.45) is 1.30. The van der Waals surface area contributed by atoms with E-state index in [1.165, 1.54) is 18.7 Å². The van der Waals surface area contributed by atoms with E-state index in [9.17, 15) is 9.59 Å². The number of aromatic nitrogens is 4. The zero-order chi connectivity index (χ0) is 27.4. The summed E-state index contributed by atoms with van der Waals surface area (Å²) in [5.74, 6) is 0.444. The highest BCUT2D eigenvalue weighted by atomic mass is 32.2. The van der Waals surface area contributed by atoms with Crippen LogP contribution in [-0.4, -0.2) is 36.7 Å². The van der Waals surface area contributed by atoms with Crippen molar-refractivity contribution in [2.75, 3.05) is 5.32 Å². The van der Waals surface area contributed by atoms with Crippen LogP contribution in [-0.2, 0) is 11.2 Å². The Hall–Kier alpha value is -4.30. The number of para-hydroxylation sites is 1. The molecule has 0 spiro atoms. The normalized spacial score (nSPS) is 11.9. The smallest absolute Gasteiger partial charge is 0.237 e. The van der Waals surface area contributed by atoms with Gasteiger partial charge in [-0.1, -0.05) is 74.1 Å². The molecule has 5 aromatic rings. The Kier molecular flexibility index (Phi) is 7.84. The monoisotopic (exact) mass is 535 g/mol. The number of nitrogens with zero attached hydrogens (tertiary/aromatic N) is 4. The minimum Gasteiger partial charge on any atom is -0.325 e. The number of hydrogen-bond donors (Lipinski definition) is 1. The molecule has 5 rings (SSSR count). The van der Waals surface area contributed by atoms with Crippen LogP contribution in [0.3, 0.4) is 0 Å². The van der Waals surface area contributed by atoms with Crippen LogP contribution >= 0.6 is 11.8 Å². The lowest BCUT2D eigenvalue weighted by Gasteiger charge is -2.16. The van der Waals surface area contributed by atoms with Gasteiger partial charge in [0.15, 0.2) is 17.3 Å². The van der Waals surface area contributed by atoms with Gasteiger partial charge in [-0.15, -0.1) is 0 Å². The number of ketones is 1. The number of thioether (sulfide) groups is 1. The summed E-state index contributed by atoms with van der Waals surface area (Å²) in [5, 5.41) is 9.11. The third-order valence-electron chi connectivity index (χ3n) is 6.41. The fraction of sp³-hybridized carbons (Fsp3) is 0.194. The molecule has 2 aromatic heterocycles. The van der Waals surface area contributed by atoms with E-state index in [1.807, 2.05) is 72.3 Å². The summed E-state index contributed by atoms with van der Waals surface area (Å²) in [6.45, 7) is 5.57. The molecule has 0 fully saturated rings.